The number of unbranched alkanes of at least 4 members (excludes halogenated alkanes) is 16. The summed E-state index contributed by atoms with van der Waals surface area (Å²) in [5.41, 5.74) is 0. The summed E-state index contributed by atoms with van der Waals surface area (Å²) in [4.78, 5) is 72.6. The Hall–Kier alpha value is -5.06. The van der Waals surface area contributed by atoms with E-state index in [2.05, 4.69) is 161 Å². The summed E-state index contributed by atoms with van der Waals surface area (Å²) in [6.07, 6.45) is 75.9. The zero-order valence-electron chi connectivity index (χ0n) is 59.2. The predicted octanol–water partition coefficient (Wildman–Crippen LogP) is 20.3. The molecule has 0 amide bonds. The fourth-order valence-electron chi connectivity index (χ4n) is 8.79. The lowest BCUT2D eigenvalue weighted by Gasteiger charge is -2.21. The molecule has 0 radical (unpaired) electrons. The van der Waals surface area contributed by atoms with Crippen molar-refractivity contribution in [3.8, 4) is 0 Å². The monoisotopic (exact) mass is 1380 g/mol. The standard InChI is InChI=1S/C77H126O17P2/c1-5-9-13-17-21-25-29-32-34-35-37-40-43-46-50-54-58-62-75(80)88-68-73(94-77(82)64-60-56-52-48-44-38-31-27-23-19-15-11-7-3)70-92-96(85,86)90-66-71(78)65-89-95(83,84)91-69-72(93-76(81)63-59-55-51-47-41-28-24-20-16-12-8-4)67-87-74(79)61-57-53-49-45-42-39-36-33-30-26-22-18-14-10-6-2/h9-10,13-15,19-22,24-27,31-34,36-37,40,42,45-46,50,71-73,78H,5-8,11-12,16-18,23,28-30,35,38-39,41,43-44,47-49,51-70H2,1-4H3,(H,83,84)(H,85,86)/b13-9-,14-10-,19-15-,24-20-,25-21-,26-22-,31-27-,34-32-,36-33-,40-37-,45-42-,50-46-. The quantitative estimate of drug-likeness (QED) is 0.0169. The van der Waals surface area contributed by atoms with Crippen molar-refractivity contribution < 1.29 is 80.2 Å². The second kappa shape index (κ2) is 68.5. The smallest absolute Gasteiger partial charge is 0.462 e. The summed E-state index contributed by atoms with van der Waals surface area (Å²) in [6.45, 7) is 4.36. The van der Waals surface area contributed by atoms with Gasteiger partial charge in [0.25, 0.3) is 0 Å². The SMILES string of the molecule is CC/C=C\C/C=C\C/C=C\C/C=C\C/C=C\CCCC(=O)OCC(COP(=O)(O)OCC(O)COP(=O)(O)OCC(COC(=O)CCCC/C=C\C/C=C\C/C=C\C/C=C\CC)OC(=O)CCCCCCC/C=C\CCCC)OC(=O)CCCCCCC/C=C\C/C=C\CCC. The van der Waals surface area contributed by atoms with E-state index < -0.39 is 97.5 Å². The molecule has 0 aliphatic heterocycles. The number of ether oxygens (including phenoxy) is 4. The van der Waals surface area contributed by atoms with Gasteiger partial charge in [-0.25, -0.2) is 9.13 Å². The molecule has 19 heteroatoms. The first-order chi connectivity index (χ1) is 46.7. The van der Waals surface area contributed by atoms with Crippen LogP contribution in [0, 0.1) is 0 Å². The fraction of sp³-hybridized carbons (Fsp3) is 0.636. The summed E-state index contributed by atoms with van der Waals surface area (Å²) in [6, 6.07) is 0. The second-order valence-electron chi connectivity index (χ2n) is 23.4. The van der Waals surface area contributed by atoms with Crippen LogP contribution in [0.5, 0.6) is 0 Å². The minimum Gasteiger partial charge on any atom is -0.462 e. The first-order valence-electron chi connectivity index (χ1n) is 36.1. The largest absolute Gasteiger partial charge is 0.472 e. The molecule has 0 bridgehead atoms. The number of carbonyl (C=O) groups excluding carboxylic acids is 4. The Bertz CT molecular complexity index is 2400. The van der Waals surface area contributed by atoms with Crippen LogP contribution in [-0.2, 0) is 65.4 Å². The average Bonchev–Trinajstić information content (AvgIpc) is 1.17. The van der Waals surface area contributed by atoms with Crippen LogP contribution < -0.4 is 0 Å². The lowest BCUT2D eigenvalue weighted by atomic mass is 10.1. The molecule has 0 rings (SSSR count). The van der Waals surface area contributed by atoms with Crippen LogP contribution in [0.2, 0.25) is 0 Å². The van der Waals surface area contributed by atoms with Crippen molar-refractivity contribution in [3.63, 3.8) is 0 Å². The number of rotatable bonds is 66. The lowest BCUT2D eigenvalue weighted by molar-refractivity contribution is -0.161. The molecular formula is C77H126O17P2. The van der Waals surface area contributed by atoms with Crippen molar-refractivity contribution >= 4 is 39.5 Å². The molecule has 0 spiro atoms. The molecule has 0 aromatic carbocycles. The van der Waals surface area contributed by atoms with E-state index in [9.17, 15) is 43.2 Å². The van der Waals surface area contributed by atoms with Crippen molar-refractivity contribution in [1.29, 1.82) is 0 Å². The molecule has 17 nitrogen and oxygen atoms in total. The summed E-state index contributed by atoms with van der Waals surface area (Å²) in [5.74, 6) is -2.33. The normalized spacial score (nSPS) is 14.9. The number of carbonyl (C=O) groups is 4. The zero-order chi connectivity index (χ0) is 70.4. The van der Waals surface area contributed by atoms with Crippen LogP contribution in [-0.4, -0.2) is 96.7 Å². The maximum absolute atomic E-state index is 13.0. The third-order valence-corrected chi connectivity index (χ3v) is 16.2. The highest BCUT2D eigenvalue weighted by Gasteiger charge is 2.30. The highest BCUT2D eigenvalue weighted by atomic mass is 31.2. The highest BCUT2D eigenvalue weighted by molar-refractivity contribution is 7.47. The van der Waals surface area contributed by atoms with E-state index in [0.29, 0.717) is 32.1 Å². The Morgan fingerprint density at radius 3 is 0.948 bits per heavy atom. The zero-order valence-corrected chi connectivity index (χ0v) is 61.0. The van der Waals surface area contributed by atoms with Crippen LogP contribution in [0.15, 0.2) is 146 Å². The molecule has 0 aliphatic rings. The molecule has 0 fully saturated rings. The number of allylic oxidation sites excluding steroid dienone is 24. The number of hydrogen-bond acceptors (Lipinski definition) is 15. The van der Waals surface area contributed by atoms with E-state index in [1.807, 2.05) is 12.2 Å². The third kappa shape index (κ3) is 67.5. The average molecular weight is 1390 g/mol. The van der Waals surface area contributed by atoms with E-state index in [1.165, 1.54) is 12.8 Å². The van der Waals surface area contributed by atoms with Gasteiger partial charge in [-0.1, -0.05) is 231 Å². The number of hydrogen-bond donors (Lipinski definition) is 3. The maximum atomic E-state index is 13.0. The third-order valence-electron chi connectivity index (χ3n) is 14.2. The van der Waals surface area contributed by atoms with Crippen molar-refractivity contribution in [2.24, 2.45) is 0 Å². The van der Waals surface area contributed by atoms with Gasteiger partial charge >= 0.3 is 39.5 Å². The molecule has 0 heterocycles. The lowest BCUT2D eigenvalue weighted by Crippen LogP contribution is -2.30. The molecule has 5 atom stereocenters. The number of phosphoric acid groups is 2. The van der Waals surface area contributed by atoms with Gasteiger partial charge in [0, 0.05) is 25.7 Å². The van der Waals surface area contributed by atoms with Gasteiger partial charge in [0.2, 0.25) is 0 Å². The molecule has 0 aromatic heterocycles. The van der Waals surface area contributed by atoms with E-state index >= 15 is 0 Å². The van der Waals surface area contributed by atoms with Crippen molar-refractivity contribution in [3.05, 3.63) is 146 Å². The van der Waals surface area contributed by atoms with Crippen LogP contribution >= 0.6 is 15.6 Å². The number of aliphatic hydroxyl groups excluding tert-OH is 1. The Balaban J connectivity index is 5.43. The Morgan fingerprint density at radius 2 is 0.573 bits per heavy atom. The number of phosphoric ester groups is 2. The van der Waals surface area contributed by atoms with Crippen LogP contribution in [0.4, 0.5) is 0 Å². The van der Waals surface area contributed by atoms with Gasteiger partial charge in [-0.05, 0) is 148 Å². The molecule has 0 saturated carbocycles. The van der Waals surface area contributed by atoms with Gasteiger partial charge in [-0.3, -0.25) is 37.3 Å². The van der Waals surface area contributed by atoms with E-state index in [0.717, 1.165) is 161 Å². The Morgan fingerprint density at radius 1 is 0.302 bits per heavy atom. The molecular weight excluding hydrogens is 1260 g/mol. The minimum atomic E-state index is -4.99. The summed E-state index contributed by atoms with van der Waals surface area (Å²) in [7, 11) is -9.98. The molecule has 5 unspecified atom stereocenters. The van der Waals surface area contributed by atoms with Crippen LogP contribution in [0.25, 0.3) is 0 Å². The number of aliphatic hydroxyl groups is 1. The predicted molar refractivity (Wildman–Crippen MR) is 390 cm³/mol. The van der Waals surface area contributed by atoms with E-state index in [1.54, 1.807) is 0 Å². The fourth-order valence-corrected chi connectivity index (χ4v) is 10.4. The topological polar surface area (TPSA) is 237 Å². The molecule has 0 saturated heterocycles. The van der Waals surface area contributed by atoms with Gasteiger partial charge < -0.3 is 33.8 Å². The Kier molecular flexibility index (Phi) is 64.9. The molecule has 96 heavy (non-hydrogen) atoms. The summed E-state index contributed by atoms with van der Waals surface area (Å²) in [5, 5.41) is 10.6. The van der Waals surface area contributed by atoms with Gasteiger partial charge in [0.1, 0.15) is 19.3 Å². The van der Waals surface area contributed by atoms with E-state index in [-0.39, 0.29) is 25.7 Å². The van der Waals surface area contributed by atoms with Crippen molar-refractivity contribution in [1.82, 2.24) is 0 Å². The number of esters is 4. The second-order valence-corrected chi connectivity index (χ2v) is 26.3. The van der Waals surface area contributed by atoms with Crippen LogP contribution in [0.3, 0.4) is 0 Å². The van der Waals surface area contributed by atoms with E-state index in [4.69, 9.17) is 37.0 Å². The molecule has 3 N–H and O–H groups in total. The Labute approximate surface area is 579 Å². The van der Waals surface area contributed by atoms with Gasteiger partial charge in [0.15, 0.2) is 12.2 Å². The maximum Gasteiger partial charge on any atom is 0.472 e. The van der Waals surface area contributed by atoms with Gasteiger partial charge in [-0.2, -0.15) is 0 Å². The molecule has 0 aromatic rings. The van der Waals surface area contributed by atoms with Gasteiger partial charge in [0.05, 0.1) is 26.4 Å². The first-order valence-corrected chi connectivity index (χ1v) is 39.1. The van der Waals surface area contributed by atoms with Gasteiger partial charge in [-0.15, -0.1) is 0 Å². The first kappa shape index (κ1) is 90.9. The van der Waals surface area contributed by atoms with Crippen LogP contribution in [0.1, 0.15) is 259 Å². The minimum absolute atomic E-state index is 0.0610. The summed E-state index contributed by atoms with van der Waals surface area (Å²) < 4.78 is 68.2. The van der Waals surface area contributed by atoms with Crippen molar-refractivity contribution in [2.45, 2.75) is 277 Å². The molecule has 0 aliphatic carbocycles. The summed E-state index contributed by atoms with van der Waals surface area (Å²) >= 11 is 0. The van der Waals surface area contributed by atoms with Crippen molar-refractivity contribution in [2.75, 3.05) is 39.6 Å². The highest BCUT2D eigenvalue weighted by Crippen LogP contribution is 2.45. The molecule has 546 valence electrons.